The number of benzene rings is 2. The van der Waals surface area contributed by atoms with E-state index in [1.807, 2.05) is 18.2 Å². The van der Waals surface area contributed by atoms with Crippen molar-refractivity contribution in [1.82, 2.24) is 0 Å². The molecule has 120 valence electrons. The molecule has 0 aliphatic carbocycles. The summed E-state index contributed by atoms with van der Waals surface area (Å²) in [4.78, 5) is 28.5. The summed E-state index contributed by atoms with van der Waals surface area (Å²) in [7, 11) is 0. The first-order valence-electron chi connectivity index (χ1n) is 6.34. The van der Waals surface area contributed by atoms with Gasteiger partial charge in [-0.3, -0.25) is 30.3 Å². The summed E-state index contributed by atoms with van der Waals surface area (Å²) in [6.07, 6.45) is 0. The van der Waals surface area contributed by atoms with Crippen LogP contribution >= 0.6 is 0 Å². The van der Waals surface area contributed by atoms with Crippen molar-refractivity contribution in [2.24, 2.45) is 0 Å². The van der Waals surface area contributed by atoms with Crippen LogP contribution in [-0.2, 0) is 0 Å². The van der Waals surface area contributed by atoms with Gasteiger partial charge in [0, 0.05) is 11.6 Å². The molecule has 0 saturated carbocycles. The average molecular weight is 319 g/mol. The third-order valence-electron chi connectivity index (χ3n) is 2.83. The summed E-state index contributed by atoms with van der Waals surface area (Å²) in [5.41, 5.74) is -1.50. The maximum Gasteiger partial charge on any atom is 0.422 e. The van der Waals surface area contributed by atoms with E-state index in [2.05, 4.69) is 19.1 Å². The van der Waals surface area contributed by atoms with E-state index in [4.69, 9.17) is 0 Å². The van der Waals surface area contributed by atoms with Gasteiger partial charge in [0.2, 0.25) is 0 Å². The Balaban J connectivity index is 0.000000313. The van der Waals surface area contributed by atoms with Gasteiger partial charge in [0.25, 0.3) is 0 Å². The third-order valence-corrected chi connectivity index (χ3v) is 2.83. The van der Waals surface area contributed by atoms with E-state index >= 15 is 0 Å². The highest BCUT2D eigenvalue weighted by molar-refractivity contribution is 5.68. The number of aryl methyl sites for hydroxylation is 2. The minimum Gasteiger partial charge on any atom is -0.258 e. The lowest BCUT2D eigenvalue weighted by Crippen LogP contribution is -2.02. The SMILES string of the molecule is Cc1ccc([N+](=O)[O-])c([N+](=O)[O-])c1[N+](=O)[O-].Cc1ccccc1. The second kappa shape index (κ2) is 7.59. The Kier molecular flexibility index (Phi) is 5.84. The molecule has 9 nitrogen and oxygen atoms in total. The zero-order valence-corrected chi connectivity index (χ0v) is 12.3. The molecule has 0 aliphatic heterocycles. The molecule has 9 heteroatoms. The van der Waals surface area contributed by atoms with Gasteiger partial charge in [-0.15, -0.1) is 0 Å². The Morgan fingerprint density at radius 1 is 0.696 bits per heavy atom. The lowest BCUT2D eigenvalue weighted by atomic mass is 10.1. The number of rotatable bonds is 3. The quantitative estimate of drug-likeness (QED) is 0.626. The molecule has 0 radical (unpaired) electrons. The van der Waals surface area contributed by atoms with Crippen molar-refractivity contribution in [3.63, 3.8) is 0 Å². The topological polar surface area (TPSA) is 129 Å². The smallest absolute Gasteiger partial charge is 0.258 e. The van der Waals surface area contributed by atoms with E-state index < -0.39 is 31.8 Å². The summed E-state index contributed by atoms with van der Waals surface area (Å²) in [6, 6.07) is 12.2. The van der Waals surface area contributed by atoms with E-state index in [0.29, 0.717) is 0 Å². The second-order valence-corrected chi connectivity index (χ2v) is 4.52. The Morgan fingerprint density at radius 2 is 1.22 bits per heavy atom. The van der Waals surface area contributed by atoms with Crippen molar-refractivity contribution in [2.75, 3.05) is 0 Å². The molecule has 0 saturated heterocycles. The largest absolute Gasteiger partial charge is 0.422 e. The van der Waals surface area contributed by atoms with Gasteiger partial charge in [-0.2, -0.15) is 0 Å². The highest BCUT2D eigenvalue weighted by atomic mass is 16.6. The Labute approximate surface area is 130 Å². The summed E-state index contributed by atoms with van der Waals surface area (Å²) < 4.78 is 0. The first kappa shape index (κ1) is 17.7. The fourth-order valence-electron chi connectivity index (χ4n) is 1.76. The molecule has 2 aromatic carbocycles. The molecular weight excluding hydrogens is 306 g/mol. The number of nitrogens with zero attached hydrogens (tertiary/aromatic N) is 3. The highest BCUT2D eigenvalue weighted by Gasteiger charge is 2.37. The second-order valence-electron chi connectivity index (χ2n) is 4.52. The van der Waals surface area contributed by atoms with Crippen LogP contribution in [0.3, 0.4) is 0 Å². The van der Waals surface area contributed by atoms with Crippen molar-refractivity contribution in [1.29, 1.82) is 0 Å². The molecule has 0 bridgehead atoms. The van der Waals surface area contributed by atoms with Crippen LogP contribution in [-0.4, -0.2) is 14.8 Å². The van der Waals surface area contributed by atoms with Crippen LogP contribution in [0.4, 0.5) is 17.1 Å². The minimum absolute atomic E-state index is 0.00213. The Morgan fingerprint density at radius 3 is 1.57 bits per heavy atom. The Bertz CT molecular complexity index is 746. The van der Waals surface area contributed by atoms with Crippen LogP contribution in [0.2, 0.25) is 0 Å². The summed E-state index contributed by atoms with van der Waals surface area (Å²) >= 11 is 0. The first-order valence-corrected chi connectivity index (χ1v) is 6.34. The summed E-state index contributed by atoms with van der Waals surface area (Å²) in [5.74, 6) is 0. The van der Waals surface area contributed by atoms with E-state index in [-0.39, 0.29) is 5.56 Å². The van der Waals surface area contributed by atoms with Crippen LogP contribution in [0.1, 0.15) is 11.1 Å². The molecule has 23 heavy (non-hydrogen) atoms. The average Bonchev–Trinajstić information content (AvgIpc) is 2.47. The van der Waals surface area contributed by atoms with Crippen LogP contribution < -0.4 is 0 Å². The predicted molar refractivity (Wildman–Crippen MR) is 82.3 cm³/mol. The fraction of sp³-hybridized carbons (Fsp3) is 0.143. The van der Waals surface area contributed by atoms with Gasteiger partial charge in [-0.25, -0.2) is 0 Å². The van der Waals surface area contributed by atoms with E-state index in [0.717, 1.165) is 12.1 Å². The van der Waals surface area contributed by atoms with Gasteiger partial charge in [-0.05, 0) is 19.9 Å². The molecule has 0 aromatic heterocycles. The molecular formula is C14H13N3O6. The molecule has 0 N–H and O–H groups in total. The normalized spacial score (nSPS) is 9.48. The molecule has 0 atom stereocenters. The molecule has 0 spiro atoms. The van der Waals surface area contributed by atoms with Gasteiger partial charge in [0.1, 0.15) is 0 Å². The van der Waals surface area contributed by atoms with Crippen molar-refractivity contribution in [3.05, 3.63) is 83.9 Å². The summed E-state index contributed by atoms with van der Waals surface area (Å²) in [5, 5.41) is 31.7. The Hall–Kier alpha value is -3.36. The first-order chi connectivity index (χ1) is 10.8. The maximum absolute atomic E-state index is 10.6. The minimum atomic E-state index is -1.12. The predicted octanol–water partition coefficient (Wildman–Crippen LogP) is 3.71. The molecule has 0 amide bonds. The zero-order valence-electron chi connectivity index (χ0n) is 12.3. The van der Waals surface area contributed by atoms with Crippen LogP contribution in [0.5, 0.6) is 0 Å². The van der Waals surface area contributed by atoms with Crippen molar-refractivity contribution in [2.45, 2.75) is 13.8 Å². The van der Waals surface area contributed by atoms with Crippen molar-refractivity contribution in [3.8, 4) is 0 Å². The molecule has 0 heterocycles. The molecule has 2 rings (SSSR count). The van der Waals surface area contributed by atoms with Gasteiger partial charge in [0.05, 0.1) is 14.8 Å². The van der Waals surface area contributed by atoms with E-state index in [9.17, 15) is 30.3 Å². The van der Waals surface area contributed by atoms with Crippen LogP contribution in [0, 0.1) is 44.2 Å². The van der Waals surface area contributed by atoms with Crippen LogP contribution in [0.25, 0.3) is 0 Å². The zero-order chi connectivity index (χ0) is 17.6. The van der Waals surface area contributed by atoms with Gasteiger partial charge in [-0.1, -0.05) is 35.9 Å². The lowest BCUT2D eigenvalue weighted by molar-refractivity contribution is -0.441. The van der Waals surface area contributed by atoms with E-state index in [1.54, 1.807) is 0 Å². The van der Waals surface area contributed by atoms with E-state index in [1.165, 1.54) is 12.5 Å². The standard InChI is InChI=1S/C7H5N3O6.C7H8/c1-4-2-3-5(8(11)12)7(10(15)16)6(4)9(13)14;1-7-5-3-2-4-6-7/h2-3H,1H3;2-6H,1H3. The molecule has 0 fully saturated rings. The van der Waals surface area contributed by atoms with Gasteiger partial charge in [0.15, 0.2) is 0 Å². The number of hydrogen-bond donors (Lipinski definition) is 0. The fourth-order valence-corrected chi connectivity index (χ4v) is 1.76. The number of nitro benzene ring substituents is 3. The van der Waals surface area contributed by atoms with Gasteiger partial charge >= 0.3 is 17.1 Å². The maximum atomic E-state index is 10.6. The summed E-state index contributed by atoms with van der Waals surface area (Å²) in [6.45, 7) is 3.36. The van der Waals surface area contributed by atoms with Gasteiger partial charge < -0.3 is 0 Å². The van der Waals surface area contributed by atoms with Crippen molar-refractivity contribution < 1.29 is 14.8 Å². The highest BCUT2D eigenvalue weighted by Crippen LogP contribution is 2.38. The monoisotopic (exact) mass is 319 g/mol. The molecule has 2 aromatic rings. The van der Waals surface area contributed by atoms with Crippen molar-refractivity contribution >= 4 is 17.1 Å². The molecule has 0 unspecified atom stereocenters. The lowest BCUT2D eigenvalue weighted by Gasteiger charge is -1.98. The number of hydrogen-bond acceptors (Lipinski definition) is 6. The molecule has 0 aliphatic rings. The third kappa shape index (κ3) is 4.56. The number of nitro groups is 3. The van der Waals surface area contributed by atoms with Crippen LogP contribution in [0.15, 0.2) is 42.5 Å².